The standard InChI is InChI=1S/C28H32N4O4/c33-24-14-13-22(29-24)27(35)30-26-21(19-9-3-1-4-10-19)17-20-11-5-6-12-23(20)32(28(26)36)18-25(34)31-15-7-2-8-16-31/h1,3-6,9-12,21-22,26H,2,7-8,13-18H2,(H,29,33)(H,30,35)/t21-,22-,26-/m0/s1. The maximum absolute atomic E-state index is 14.2. The normalized spacial score (nSPS) is 24.1. The van der Waals surface area contributed by atoms with E-state index in [1.807, 2.05) is 59.5 Å². The number of benzene rings is 2. The molecule has 8 nitrogen and oxygen atoms in total. The lowest BCUT2D eigenvalue weighted by Gasteiger charge is -2.32. The highest BCUT2D eigenvalue weighted by molar-refractivity contribution is 6.05. The average molecular weight is 489 g/mol. The molecule has 2 saturated heterocycles. The van der Waals surface area contributed by atoms with E-state index in [1.54, 1.807) is 4.90 Å². The Morgan fingerprint density at radius 3 is 2.39 bits per heavy atom. The van der Waals surface area contributed by atoms with E-state index >= 15 is 0 Å². The number of nitrogens with zero attached hydrogens (tertiary/aromatic N) is 2. The SMILES string of the molecule is O=C1CC[C@@H](C(=O)N[C@@H]2C(=O)N(CC(=O)N3CCCCC3)c3ccccc3C[C@H]2c2ccccc2)N1. The maximum atomic E-state index is 14.2. The van der Waals surface area contributed by atoms with Crippen molar-refractivity contribution in [1.29, 1.82) is 0 Å². The van der Waals surface area contributed by atoms with Crippen LogP contribution in [0.4, 0.5) is 5.69 Å². The fourth-order valence-corrected chi connectivity index (χ4v) is 5.54. The number of amides is 4. The van der Waals surface area contributed by atoms with E-state index in [2.05, 4.69) is 10.6 Å². The van der Waals surface area contributed by atoms with E-state index in [9.17, 15) is 19.2 Å². The van der Waals surface area contributed by atoms with Crippen LogP contribution in [0.25, 0.3) is 0 Å². The van der Waals surface area contributed by atoms with Crippen molar-refractivity contribution in [3.63, 3.8) is 0 Å². The molecule has 2 aromatic carbocycles. The molecule has 3 heterocycles. The molecule has 8 heteroatoms. The first-order chi connectivity index (χ1) is 17.5. The third-order valence-corrected chi connectivity index (χ3v) is 7.50. The molecule has 0 saturated carbocycles. The minimum absolute atomic E-state index is 0.0656. The predicted octanol–water partition coefficient (Wildman–Crippen LogP) is 2.14. The van der Waals surface area contributed by atoms with Crippen LogP contribution in [-0.4, -0.2) is 60.2 Å². The summed E-state index contributed by atoms with van der Waals surface area (Å²) >= 11 is 0. The lowest BCUT2D eigenvalue weighted by atomic mass is 9.86. The minimum atomic E-state index is -0.876. The Balaban J connectivity index is 1.49. The van der Waals surface area contributed by atoms with Crippen LogP contribution >= 0.6 is 0 Å². The number of para-hydroxylation sites is 1. The molecule has 188 valence electrons. The monoisotopic (exact) mass is 488 g/mol. The number of likely N-dealkylation sites (tertiary alicyclic amines) is 1. The third kappa shape index (κ3) is 4.98. The van der Waals surface area contributed by atoms with Gasteiger partial charge in [-0.15, -0.1) is 0 Å². The smallest absolute Gasteiger partial charge is 0.250 e. The lowest BCUT2D eigenvalue weighted by molar-refractivity contribution is -0.133. The highest BCUT2D eigenvalue weighted by atomic mass is 16.2. The van der Waals surface area contributed by atoms with Crippen LogP contribution in [0.5, 0.6) is 0 Å². The largest absolute Gasteiger partial charge is 0.344 e. The fourth-order valence-electron chi connectivity index (χ4n) is 5.54. The van der Waals surface area contributed by atoms with Crippen LogP contribution in [0.15, 0.2) is 54.6 Å². The van der Waals surface area contributed by atoms with Gasteiger partial charge in [0.2, 0.25) is 17.7 Å². The molecule has 3 atom stereocenters. The molecule has 2 N–H and O–H groups in total. The van der Waals surface area contributed by atoms with Gasteiger partial charge in [-0.25, -0.2) is 0 Å². The molecule has 3 aliphatic rings. The number of piperidine rings is 1. The number of fused-ring (bicyclic) bond motifs is 1. The van der Waals surface area contributed by atoms with Gasteiger partial charge in [-0.3, -0.25) is 19.2 Å². The van der Waals surface area contributed by atoms with Gasteiger partial charge >= 0.3 is 0 Å². The van der Waals surface area contributed by atoms with Crippen LogP contribution in [0, 0.1) is 0 Å². The first-order valence-electron chi connectivity index (χ1n) is 12.8. The highest BCUT2D eigenvalue weighted by Crippen LogP contribution is 2.35. The molecule has 0 radical (unpaired) electrons. The summed E-state index contributed by atoms with van der Waals surface area (Å²) in [7, 11) is 0. The molecule has 3 aliphatic heterocycles. The Morgan fingerprint density at radius 2 is 1.67 bits per heavy atom. The minimum Gasteiger partial charge on any atom is -0.344 e. The molecular formula is C28H32N4O4. The summed E-state index contributed by atoms with van der Waals surface area (Å²) in [6.45, 7) is 1.34. The van der Waals surface area contributed by atoms with E-state index in [4.69, 9.17) is 0 Å². The van der Waals surface area contributed by atoms with Gasteiger partial charge in [-0.05, 0) is 49.3 Å². The van der Waals surface area contributed by atoms with Crippen LogP contribution in [-0.2, 0) is 25.6 Å². The second-order valence-electron chi connectivity index (χ2n) is 9.86. The molecule has 36 heavy (non-hydrogen) atoms. The number of nitrogens with one attached hydrogen (secondary N) is 2. The quantitative estimate of drug-likeness (QED) is 0.674. The van der Waals surface area contributed by atoms with Crippen LogP contribution in [0.2, 0.25) is 0 Å². The van der Waals surface area contributed by atoms with E-state index in [0.717, 1.165) is 30.4 Å². The molecule has 2 fully saturated rings. The van der Waals surface area contributed by atoms with Crippen molar-refractivity contribution in [3.8, 4) is 0 Å². The zero-order valence-electron chi connectivity index (χ0n) is 20.3. The van der Waals surface area contributed by atoms with Crippen LogP contribution < -0.4 is 15.5 Å². The fraction of sp³-hybridized carbons (Fsp3) is 0.429. The molecule has 0 unspecified atom stereocenters. The Hall–Kier alpha value is -3.68. The summed E-state index contributed by atoms with van der Waals surface area (Å²) in [6, 6.07) is 15.8. The number of carbonyl (C=O) groups is 4. The number of carbonyl (C=O) groups excluding carboxylic acids is 4. The topological polar surface area (TPSA) is 98.8 Å². The first kappa shape index (κ1) is 24.0. The lowest BCUT2D eigenvalue weighted by Crippen LogP contribution is -2.56. The molecule has 0 aromatic heterocycles. The third-order valence-electron chi connectivity index (χ3n) is 7.50. The van der Waals surface area contributed by atoms with Crippen molar-refractivity contribution in [2.75, 3.05) is 24.5 Å². The predicted molar refractivity (Wildman–Crippen MR) is 135 cm³/mol. The Labute approximate surface area is 211 Å². The summed E-state index contributed by atoms with van der Waals surface area (Å²) in [4.78, 5) is 55.7. The van der Waals surface area contributed by atoms with Crippen molar-refractivity contribution < 1.29 is 19.2 Å². The van der Waals surface area contributed by atoms with Gasteiger partial charge in [0.05, 0.1) is 0 Å². The van der Waals surface area contributed by atoms with Crippen molar-refractivity contribution in [3.05, 3.63) is 65.7 Å². The van der Waals surface area contributed by atoms with Gasteiger partial charge in [0.25, 0.3) is 5.91 Å². The number of anilines is 1. The van der Waals surface area contributed by atoms with Gasteiger partial charge in [-0.1, -0.05) is 48.5 Å². The van der Waals surface area contributed by atoms with Crippen molar-refractivity contribution >= 4 is 29.3 Å². The Kier molecular flexibility index (Phi) is 7.02. The Morgan fingerprint density at radius 1 is 0.944 bits per heavy atom. The van der Waals surface area contributed by atoms with E-state index in [1.165, 1.54) is 0 Å². The summed E-state index contributed by atoms with van der Waals surface area (Å²) in [5.74, 6) is -1.24. The van der Waals surface area contributed by atoms with Gasteiger partial charge in [0.1, 0.15) is 18.6 Å². The molecule has 4 amide bonds. The van der Waals surface area contributed by atoms with Gasteiger partial charge in [0, 0.05) is 31.1 Å². The molecule has 0 bridgehead atoms. The molecule has 5 rings (SSSR count). The van der Waals surface area contributed by atoms with Gasteiger partial charge in [0.15, 0.2) is 0 Å². The van der Waals surface area contributed by atoms with Crippen molar-refractivity contribution in [2.24, 2.45) is 0 Å². The number of hydrogen-bond donors (Lipinski definition) is 2. The van der Waals surface area contributed by atoms with E-state index < -0.39 is 12.1 Å². The van der Waals surface area contributed by atoms with E-state index in [0.29, 0.717) is 38.0 Å². The van der Waals surface area contributed by atoms with Gasteiger partial charge in [-0.2, -0.15) is 0 Å². The zero-order valence-corrected chi connectivity index (χ0v) is 20.3. The highest BCUT2D eigenvalue weighted by Gasteiger charge is 2.41. The van der Waals surface area contributed by atoms with Crippen molar-refractivity contribution in [1.82, 2.24) is 15.5 Å². The second-order valence-corrected chi connectivity index (χ2v) is 9.86. The molecular weight excluding hydrogens is 456 g/mol. The van der Waals surface area contributed by atoms with Crippen LogP contribution in [0.3, 0.4) is 0 Å². The zero-order chi connectivity index (χ0) is 25.1. The molecule has 0 aliphatic carbocycles. The number of rotatable bonds is 5. The second kappa shape index (κ2) is 10.5. The molecule has 2 aromatic rings. The van der Waals surface area contributed by atoms with Crippen LogP contribution in [0.1, 0.15) is 49.1 Å². The summed E-state index contributed by atoms with van der Waals surface area (Å²) in [5.41, 5.74) is 2.60. The van der Waals surface area contributed by atoms with E-state index in [-0.39, 0.29) is 36.1 Å². The summed E-state index contributed by atoms with van der Waals surface area (Å²) in [6.07, 6.45) is 4.28. The summed E-state index contributed by atoms with van der Waals surface area (Å²) < 4.78 is 0. The maximum Gasteiger partial charge on any atom is 0.250 e. The summed E-state index contributed by atoms with van der Waals surface area (Å²) in [5, 5.41) is 5.66. The Bertz CT molecular complexity index is 1150. The van der Waals surface area contributed by atoms with Gasteiger partial charge < -0.3 is 20.4 Å². The number of hydrogen-bond acceptors (Lipinski definition) is 4. The van der Waals surface area contributed by atoms with Crippen molar-refractivity contribution in [2.45, 2.75) is 56.5 Å². The first-order valence-corrected chi connectivity index (χ1v) is 12.8. The average Bonchev–Trinajstić information content (AvgIpc) is 3.32. The molecule has 0 spiro atoms.